The van der Waals surface area contributed by atoms with Crippen LogP contribution in [0.1, 0.15) is 20.8 Å². The number of carbonyl (C=O) groups is 1. The average molecular weight is 485 g/mol. The van der Waals surface area contributed by atoms with Gasteiger partial charge in [-0.15, -0.1) is 0 Å². The maximum absolute atomic E-state index is 12.8. The van der Waals surface area contributed by atoms with Crippen molar-refractivity contribution < 1.29 is 19.2 Å². The Labute approximate surface area is 192 Å². The predicted octanol–water partition coefficient (Wildman–Crippen LogP) is 4.38. The highest BCUT2D eigenvalue weighted by Crippen LogP contribution is 2.42. The number of rotatable bonds is 7. The van der Waals surface area contributed by atoms with E-state index in [2.05, 4.69) is 29.8 Å². The number of aromatic nitrogens is 4. The van der Waals surface area contributed by atoms with Crippen LogP contribution in [0.3, 0.4) is 0 Å². The smallest absolute Gasteiger partial charge is 0.416 e. The van der Waals surface area contributed by atoms with Crippen LogP contribution in [0.4, 0.5) is 16.3 Å². The fraction of sp³-hybridized carbons (Fsp3) is 0.632. The third kappa shape index (κ3) is 5.30. The first-order chi connectivity index (χ1) is 14.8. The Morgan fingerprint density at radius 3 is 2.59 bits per heavy atom. The van der Waals surface area contributed by atoms with Crippen molar-refractivity contribution in [3.05, 3.63) is 21.5 Å². The minimum absolute atomic E-state index is 0.00949. The summed E-state index contributed by atoms with van der Waals surface area (Å²) in [6.45, 7) is 13.3. The highest BCUT2D eigenvalue weighted by molar-refractivity contribution is 6.76. The summed E-state index contributed by atoms with van der Waals surface area (Å²) in [4.78, 5) is 25.4. The molecule has 0 saturated heterocycles. The third-order valence-electron chi connectivity index (χ3n) is 4.75. The molecule has 1 aliphatic heterocycles. The van der Waals surface area contributed by atoms with Gasteiger partial charge in [-0.2, -0.15) is 10.2 Å². The molecule has 0 fully saturated rings. The van der Waals surface area contributed by atoms with Crippen molar-refractivity contribution in [1.82, 2.24) is 19.6 Å². The summed E-state index contributed by atoms with van der Waals surface area (Å²) < 4.78 is 14.2. The van der Waals surface area contributed by atoms with Gasteiger partial charge in [-0.25, -0.2) is 14.2 Å². The summed E-state index contributed by atoms with van der Waals surface area (Å²) >= 11 is 6.13. The molecule has 0 radical (unpaired) electrons. The van der Waals surface area contributed by atoms with Crippen molar-refractivity contribution >= 4 is 37.3 Å². The summed E-state index contributed by atoms with van der Waals surface area (Å²) in [6.07, 6.45) is 0.925. The van der Waals surface area contributed by atoms with E-state index in [0.717, 1.165) is 6.04 Å². The minimum Gasteiger partial charge on any atom is -0.443 e. The number of fused-ring (bicyclic) bond motifs is 1. The Kier molecular flexibility index (Phi) is 6.68. The summed E-state index contributed by atoms with van der Waals surface area (Å²) in [5, 5.41) is 20.0. The van der Waals surface area contributed by atoms with Crippen LogP contribution in [0, 0.1) is 10.1 Å². The lowest BCUT2D eigenvalue weighted by atomic mass is 10.2. The van der Waals surface area contributed by atoms with Crippen LogP contribution in [0.15, 0.2) is 6.20 Å². The molecule has 176 valence electrons. The van der Waals surface area contributed by atoms with Gasteiger partial charge in [0.05, 0.1) is 29.8 Å². The molecule has 3 rings (SSSR count). The number of amides is 1. The standard InChI is InChI=1S/C19H29ClN6O5Si/c1-19(2,3)31-18(27)23-7-8-24-17(23)13(11-21-24)14-15(26(28)29)16(20)22-25(14)12-30-9-10-32(4,5)6/h11H,7-10,12H2,1-6H3. The number of nitrogens with zero attached hydrogens (tertiary/aromatic N) is 6. The normalized spacial score (nSPS) is 14.0. The molecule has 0 atom stereocenters. The van der Waals surface area contributed by atoms with E-state index >= 15 is 0 Å². The van der Waals surface area contributed by atoms with Crippen LogP contribution in [0.5, 0.6) is 0 Å². The lowest BCUT2D eigenvalue weighted by molar-refractivity contribution is -0.384. The van der Waals surface area contributed by atoms with E-state index in [0.29, 0.717) is 31.1 Å². The van der Waals surface area contributed by atoms with Crippen molar-refractivity contribution in [3.8, 4) is 11.3 Å². The van der Waals surface area contributed by atoms with Crippen LogP contribution in [-0.2, 0) is 22.7 Å². The second-order valence-electron chi connectivity index (χ2n) is 9.83. The highest BCUT2D eigenvalue weighted by Gasteiger charge is 2.37. The molecule has 0 unspecified atom stereocenters. The van der Waals surface area contributed by atoms with Gasteiger partial charge in [-0.05, 0) is 26.8 Å². The molecule has 1 amide bonds. The molecule has 2 aromatic rings. The molecule has 0 N–H and O–H groups in total. The molecule has 0 aromatic carbocycles. The summed E-state index contributed by atoms with van der Waals surface area (Å²) in [6, 6.07) is 0.940. The zero-order chi connectivity index (χ0) is 23.8. The lowest BCUT2D eigenvalue weighted by Crippen LogP contribution is -2.36. The predicted molar refractivity (Wildman–Crippen MR) is 123 cm³/mol. The van der Waals surface area contributed by atoms with E-state index < -0.39 is 24.7 Å². The minimum atomic E-state index is -1.30. The first-order valence-electron chi connectivity index (χ1n) is 10.3. The maximum atomic E-state index is 12.8. The number of halogens is 1. The molecule has 11 nitrogen and oxygen atoms in total. The van der Waals surface area contributed by atoms with Crippen LogP contribution >= 0.6 is 11.6 Å². The molecule has 1 aliphatic rings. The SMILES string of the molecule is CC(C)(C)OC(=O)N1CCn2ncc(-c3c([N+](=O)[O-])c(Cl)nn3COCC[Si](C)(C)C)c21. The average Bonchev–Trinajstić information content (AvgIpc) is 3.29. The summed E-state index contributed by atoms with van der Waals surface area (Å²) in [5.41, 5.74) is -0.531. The molecular formula is C19H29ClN6O5Si. The number of carbonyl (C=O) groups excluding carboxylic acids is 1. The first-order valence-corrected chi connectivity index (χ1v) is 14.4. The second-order valence-corrected chi connectivity index (χ2v) is 15.8. The van der Waals surface area contributed by atoms with E-state index in [1.54, 1.807) is 25.5 Å². The van der Waals surface area contributed by atoms with E-state index in [1.165, 1.54) is 15.8 Å². The second kappa shape index (κ2) is 8.83. The largest absolute Gasteiger partial charge is 0.443 e. The first kappa shape index (κ1) is 24.2. The van der Waals surface area contributed by atoms with Gasteiger partial charge in [0, 0.05) is 14.7 Å². The van der Waals surface area contributed by atoms with Crippen molar-refractivity contribution in [2.24, 2.45) is 0 Å². The summed E-state index contributed by atoms with van der Waals surface area (Å²) in [7, 11) is -1.30. The Bertz CT molecular complexity index is 1020. The Morgan fingerprint density at radius 2 is 2.00 bits per heavy atom. The maximum Gasteiger partial charge on any atom is 0.416 e. The van der Waals surface area contributed by atoms with E-state index in [-0.39, 0.29) is 23.3 Å². The van der Waals surface area contributed by atoms with Crippen LogP contribution in [0.25, 0.3) is 11.3 Å². The van der Waals surface area contributed by atoms with Gasteiger partial charge in [0.2, 0.25) is 5.15 Å². The molecule has 3 heterocycles. The van der Waals surface area contributed by atoms with Crippen molar-refractivity contribution in [3.63, 3.8) is 0 Å². The monoisotopic (exact) mass is 484 g/mol. The molecule has 0 aliphatic carbocycles. The molecule has 0 saturated carbocycles. The Balaban J connectivity index is 1.98. The van der Waals surface area contributed by atoms with Gasteiger partial charge in [-0.1, -0.05) is 31.2 Å². The van der Waals surface area contributed by atoms with Crippen molar-refractivity contribution in [1.29, 1.82) is 0 Å². The van der Waals surface area contributed by atoms with Gasteiger partial charge >= 0.3 is 11.8 Å². The number of ether oxygens (including phenoxy) is 2. The number of anilines is 1. The highest BCUT2D eigenvalue weighted by atomic mass is 35.5. The van der Waals surface area contributed by atoms with Gasteiger partial charge < -0.3 is 9.47 Å². The lowest BCUT2D eigenvalue weighted by Gasteiger charge is -2.24. The van der Waals surface area contributed by atoms with Crippen LogP contribution < -0.4 is 4.90 Å². The van der Waals surface area contributed by atoms with E-state index in [1.807, 2.05) is 0 Å². The Morgan fingerprint density at radius 1 is 1.31 bits per heavy atom. The molecule has 32 heavy (non-hydrogen) atoms. The quantitative estimate of drug-likeness (QED) is 0.247. The van der Waals surface area contributed by atoms with Gasteiger partial charge in [-0.3, -0.25) is 15.0 Å². The molecule has 13 heteroatoms. The molecular weight excluding hydrogens is 456 g/mol. The van der Waals surface area contributed by atoms with Gasteiger partial charge in [0.1, 0.15) is 18.1 Å². The Hall–Kier alpha value is -2.44. The number of hydrogen-bond donors (Lipinski definition) is 0. The zero-order valence-electron chi connectivity index (χ0n) is 19.2. The molecule has 0 bridgehead atoms. The topological polar surface area (TPSA) is 118 Å². The van der Waals surface area contributed by atoms with Crippen molar-refractivity contribution in [2.75, 3.05) is 18.1 Å². The van der Waals surface area contributed by atoms with E-state index in [9.17, 15) is 14.9 Å². The number of nitro groups is 1. The fourth-order valence-corrected chi connectivity index (χ4v) is 4.27. The van der Waals surface area contributed by atoms with Crippen LogP contribution in [0.2, 0.25) is 30.8 Å². The van der Waals surface area contributed by atoms with Gasteiger partial charge in [0.25, 0.3) is 0 Å². The van der Waals surface area contributed by atoms with Gasteiger partial charge in [0.15, 0.2) is 5.69 Å². The zero-order valence-corrected chi connectivity index (χ0v) is 21.0. The van der Waals surface area contributed by atoms with E-state index in [4.69, 9.17) is 21.1 Å². The molecule has 0 spiro atoms. The summed E-state index contributed by atoms with van der Waals surface area (Å²) in [5.74, 6) is 0.405. The number of hydrogen-bond acceptors (Lipinski definition) is 7. The fourth-order valence-electron chi connectivity index (χ4n) is 3.26. The third-order valence-corrected chi connectivity index (χ3v) is 6.71. The van der Waals surface area contributed by atoms with Crippen molar-refractivity contribution in [2.45, 2.75) is 65.3 Å². The van der Waals surface area contributed by atoms with Crippen LogP contribution in [-0.4, -0.2) is 57.4 Å². The molecule has 2 aromatic heterocycles.